The quantitative estimate of drug-likeness (QED) is 0.806. The first-order valence-corrected chi connectivity index (χ1v) is 7.26. The van der Waals surface area contributed by atoms with Crippen molar-refractivity contribution in [1.29, 1.82) is 0 Å². The second-order valence-electron chi connectivity index (χ2n) is 5.36. The van der Waals surface area contributed by atoms with E-state index in [-0.39, 0.29) is 0 Å². The van der Waals surface area contributed by atoms with E-state index in [0.29, 0.717) is 0 Å². The third kappa shape index (κ3) is 3.17. The largest absolute Gasteiger partial charge is 0.381 e. The Morgan fingerprint density at radius 1 is 1.26 bits per heavy atom. The van der Waals surface area contributed by atoms with Crippen LogP contribution in [0, 0.1) is 5.92 Å². The van der Waals surface area contributed by atoms with E-state index in [1.807, 2.05) is 0 Å². The molecule has 0 saturated carbocycles. The van der Waals surface area contributed by atoms with Gasteiger partial charge in [-0.05, 0) is 42.8 Å². The van der Waals surface area contributed by atoms with Gasteiger partial charge in [-0.25, -0.2) is 0 Å². The van der Waals surface area contributed by atoms with E-state index in [1.54, 1.807) is 0 Å². The summed E-state index contributed by atoms with van der Waals surface area (Å²) >= 11 is 0. The van der Waals surface area contributed by atoms with Crippen LogP contribution in [0.15, 0.2) is 36.5 Å². The SMILES string of the molecule is c1ccc2c(c1)ccn2CCCNCC1CCOC1. The Hall–Kier alpha value is -1.32. The summed E-state index contributed by atoms with van der Waals surface area (Å²) in [5, 5.41) is 4.88. The van der Waals surface area contributed by atoms with Gasteiger partial charge in [0, 0.05) is 31.4 Å². The molecule has 2 heterocycles. The smallest absolute Gasteiger partial charge is 0.0507 e. The molecule has 1 aromatic carbocycles. The lowest BCUT2D eigenvalue weighted by Gasteiger charge is -2.10. The molecule has 102 valence electrons. The Morgan fingerprint density at radius 2 is 2.21 bits per heavy atom. The zero-order valence-corrected chi connectivity index (χ0v) is 11.3. The number of nitrogens with zero attached hydrogens (tertiary/aromatic N) is 1. The first kappa shape index (κ1) is 12.7. The van der Waals surface area contributed by atoms with Gasteiger partial charge in [0.2, 0.25) is 0 Å². The van der Waals surface area contributed by atoms with Crippen LogP contribution < -0.4 is 5.32 Å². The van der Waals surface area contributed by atoms with Crippen molar-refractivity contribution in [2.45, 2.75) is 19.4 Å². The summed E-state index contributed by atoms with van der Waals surface area (Å²) < 4.78 is 7.72. The fraction of sp³-hybridized carbons (Fsp3) is 0.500. The molecule has 3 rings (SSSR count). The van der Waals surface area contributed by atoms with E-state index in [9.17, 15) is 0 Å². The van der Waals surface area contributed by atoms with Crippen LogP contribution >= 0.6 is 0 Å². The minimum Gasteiger partial charge on any atom is -0.381 e. The second kappa shape index (κ2) is 6.22. The molecule has 3 heteroatoms. The number of hydrogen-bond acceptors (Lipinski definition) is 2. The van der Waals surface area contributed by atoms with Crippen molar-refractivity contribution in [3.63, 3.8) is 0 Å². The minimum atomic E-state index is 0.729. The molecule has 1 aliphatic rings. The Labute approximate surface area is 114 Å². The molecule has 0 spiro atoms. The van der Waals surface area contributed by atoms with Crippen molar-refractivity contribution in [3.05, 3.63) is 36.5 Å². The van der Waals surface area contributed by atoms with Gasteiger partial charge in [0.1, 0.15) is 0 Å². The highest BCUT2D eigenvalue weighted by molar-refractivity contribution is 5.79. The van der Waals surface area contributed by atoms with Gasteiger partial charge in [-0.3, -0.25) is 0 Å². The summed E-state index contributed by atoms with van der Waals surface area (Å²) in [5.74, 6) is 0.729. The molecular weight excluding hydrogens is 236 g/mol. The van der Waals surface area contributed by atoms with Crippen LogP contribution in [0.5, 0.6) is 0 Å². The Bertz CT molecular complexity index is 514. The van der Waals surface area contributed by atoms with Crippen LogP contribution in [-0.2, 0) is 11.3 Å². The van der Waals surface area contributed by atoms with E-state index in [4.69, 9.17) is 4.74 Å². The summed E-state index contributed by atoms with van der Waals surface area (Å²) in [7, 11) is 0. The fourth-order valence-electron chi connectivity index (χ4n) is 2.76. The number of aromatic nitrogens is 1. The topological polar surface area (TPSA) is 26.2 Å². The maximum absolute atomic E-state index is 5.38. The maximum Gasteiger partial charge on any atom is 0.0507 e. The molecule has 2 aromatic rings. The summed E-state index contributed by atoms with van der Waals surface area (Å²) in [4.78, 5) is 0. The summed E-state index contributed by atoms with van der Waals surface area (Å²) in [6.45, 7) is 5.16. The van der Waals surface area contributed by atoms with Gasteiger partial charge in [0.25, 0.3) is 0 Å². The van der Waals surface area contributed by atoms with Crippen molar-refractivity contribution < 1.29 is 4.74 Å². The van der Waals surface area contributed by atoms with Crippen molar-refractivity contribution in [3.8, 4) is 0 Å². The summed E-state index contributed by atoms with van der Waals surface area (Å²) in [6.07, 6.45) is 4.58. The average Bonchev–Trinajstić information content (AvgIpc) is 3.08. The fourth-order valence-corrected chi connectivity index (χ4v) is 2.76. The first-order chi connectivity index (χ1) is 9.43. The van der Waals surface area contributed by atoms with Gasteiger partial charge in [-0.15, -0.1) is 0 Å². The van der Waals surface area contributed by atoms with E-state index < -0.39 is 0 Å². The highest BCUT2D eigenvalue weighted by Gasteiger charge is 2.14. The standard InChI is InChI=1S/C16H22N2O/c1-2-5-16-15(4-1)6-10-18(16)9-3-8-17-12-14-7-11-19-13-14/h1-2,4-6,10,14,17H,3,7-9,11-13H2. The van der Waals surface area contributed by atoms with Gasteiger partial charge in [-0.1, -0.05) is 18.2 Å². The molecule has 0 aliphatic carbocycles. The van der Waals surface area contributed by atoms with Crippen LogP contribution in [-0.4, -0.2) is 30.9 Å². The number of hydrogen-bond donors (Lipinski definition) is 1. The predicted octanol–water partition coefficient (Wildman–Crippen LogP) is 2.66. The van der Waals surface area contributed by atoms with Crippen LogP contribution in [0.4, 0.5) is 0 Å². The zero-order chi connectivity index (χ0) is 12.9. The van der Waals surface area contributed by atoms with Gasteiger partial charge in [0.15, 0.2) is 0 Å². The third-order valence-corrected chi connectivity index (χ3v) is 3.89. The highest BCUT2D eigenvalue weighted by atomic mass is 16.5. The average molecular weight is 258 g/mol. The number of nitrogens with one attached hydrogen (secondary N) is 1. The third-order valence-electron chi connectivity index (χ3n) is 3.89. The van der Waals surface area contributed by atoms with Crippen LogP contribution in [0.3, 0.4) is 0 Å². The van der Waals surface area contributed by atoms with Crippen LogP contribution in [0.2, 0.25) is 0 Å². The molecule has 1 aromatic heterocycles. The lowest BCUT2D eigenvalue weighted by molar-refractivity contribution is 0.185. The molecule has 1 unspecified atom stereocenters. The van der Waals surface area contributed by atoms with Crippen molar-refractivity contribution in [2.24, 2.45) is 5.92 Å². The lowest BCUT2D eigenvalue weighted by Crippen LogP contribution is -2.24. The molecule has 1 aliphatic heterocycles. The van der Waals surface area contributed by atoms with Gasteiger partial charge < -0.3 is 14.6 Å². The molecule has 1 atom stereocenters. The molecule has 3 nitrogen and oxygen atoms in total. The first-order valence-electron chi connectivity index (χ1n) is 7.26. The van der Waals surface area contributed by atoms with E-state index in [1.165, 1.54) is 23.7 Å². The molecule has 19 heavy (non-hydrogen) atoms. The zero-order valence-electron chi connectivity index (χ0n) is 11.3. The molecular formula is C16H22N2O. The number of fused-ring (bicyclic) bond motifs is 1. The normalized spacial score (nSPS) is 19.3. The molecule has 0 amide bonds. The van der Waals surface area contributed by atoms with Crippen LogP contribution in [0.25, 0.3) is 10.9 Å². The minimum absolute atomic E-state index is 0.729. The number of rotatable bonds is 6. The number of aryl methyl sites for hydroxylation is 1. The highest BCUT2D eigenvalue weighted by Crippen LogP contribution is 2.15. The molecule has 1 fully saturated rings. The van der Waals surface area contributed by atoms with E-state index in [0.717, 1.165) is 38.8 Å². The van der Waals surface area contributed by atoms with E-state index in [2.05, 4.69) is 46.4 Å². The molecule has 0 radical (unpaired) electrons. The summed E-state index contributed by atoms with van der Waals surface area (Å²) in [6, 6.07) is 10.8. The van der Waals surface area contributed by atoms with Crippen molar-refractivity contribution >= 4 is 10.9 Å². The Morgan fingerprint density at radius 3 is 3.11 bits per heavy atom. The molecule has 1 N–H and O–H groups in total. The predicted molar refractivity (Wildman–Crippen MR) is 78.4 cm³/mol. The van der Waals surface area contributed by atoms with Gasteiger partial charge in [0.05, 0.1) is 6.61 Å². The Kier molecular flexibility index (Phi) is 4.16. The van der Waals surface area contributed by atoms with Gasteiger partial charge >= 0.3 is 0 Å². The second-order valence-corrected chi connectivity index (χ2v) is 5.36. The summed E-state index contributed by atoms with van der Waals surface area (Å²) in [5.41, 5.74) is 1.34. The van der Waals surface area contributed by atoms with E-state index >= 15 is 0 Å². The maximum atomic E-state index is 5.38. The van der Waals surface area contributed by atoms with Gasteiger partial charge in [-0.2, -0.15) is 0 Å². The lowest BCUT2D eigenvalue weighted by atomic mass is 10.1. The number of para-hydroxylation sites is 1. The number of ether oxygens (including phenoxy) is 1. The number of benzene rings is 1. The molecule has 1 saturated heterocycles. The van der Waals surface area contributed by atoms with Crippen LogP contribution in [0.1, 0.15) is 12.8 Å². The monoisotopic (exact) mass is 258 g/mol. The Balaban J connectivity index is 1.42. The molecule has 0 bridgehead atoms. The van der Waals surface area contributed by atoms with Crippen molar-refractivity contribution in [2.75, 3.05) is 26.3 Å². The van der Waals surface area contributed by atoms with Crippen molar-refractivity contribution in [1.82, 2.24) is 9.88 Å².